The topological polar surface area (TPSA) is 0 Å². The molecule has 0 N–H and O–H groups in total. The minimum absolute atomic E-state index is 0. The minimum atomic E-state index is -2.24. The molecule has 0 unspecified atom stereocenters. The molecule has 4 aliphatic carbocycles. The maximum atomic E-state index is 4.91. The van der Waals surface area contributed by atoms with Crippen LogP contribution < -0.4 is 0 Å². The van der Waals surface area contributed by atoms with Gasteiger partial charge in [-0.3, -0.25) is 0 Å². The summed E-state index contributed by atoms with van der Waals surface area (Å²) in [7, 11) is 0. The number of allylic oxidation sites excluding steroid dienone is 12. The van der Waals surface area contributed by atoms with Gasteiger partial charge in [0.05, 0.1) is 0 Å². The average molecular weight is 556 g/mol. The van der Waals surface area contributed by atoms with Gasteiger partial charge in [0.1, 0.15) is 0 Å². The van der Waals surface area contributed by atoms with Crippen LogP contribution in [0.25, 0.3) is 0 Å². The number of halogens is 2. The second-order valence-corrected chi connectivity index (χ2v) is 15.0. The van der Waals surface area contributed by atoms with Crippen LogP contribution >= 0.6 is 24.8 Å². The third-order valence-corrected chi connectivity index (χ3v) is 15.6. The molecule has 0 amide bonds. The molecule has 26 heavy (non-hydrogen) atoms. The molecule has 0 aromatic rings. The number of hydrogen-bond acceptors (Lipinski definition) is 0. The zero-order chi connectivity index (χ0) is 17.0. The molecule has 4 rings (SSSR count). The first-order chi connectivity index (χ1) is 11.5. The summed E-state index contributed by atoms with van der Waals surface area (Å²) in [4.78, 5) is 0. The second kappa shape index (κ2) is 8.41. The van der Waals surface area contributed by atoms with Gasteiger partial charge in [0.25, 0.3) is 0 Å². The zero-order valence-electron chi connectivity index (χ0n) is 16.4. The Morgan fingerprint density at radius 3 is 1.46 bits per heavy atom. The van der Waals surface area contributed by atoms with Crippen molar-refractivity contribution in [1.82, 2.24) is 0 Å². The van der Waals surface area contributed by atoms with Crippen LogP contribution in [0.2, 0.25) is 0 Å². The van der Waals surface area contributed by atoms with Crippen LogP contribution in [-0.2, 0) is 21.0 Å². The van der Waals surface area contributed by atoms with Crippen LogP contribution in [-0.4, -0.2) is 4.26 Å². The first kappa shape index (κ1) is 22.1. The molecule has 0 heterocycles. The van der Waals surface area contributed by atoms with Gasteiger partial charge in [-0.15, -0.1) is 24.8 Å². The van der Waals surface area contributed by atoms with E-state index in [0.29, 0.717) is 0 Å². The van der Waals surface area contributed by atoms with E-state index in [0.717, 1.165) is 0 Å². The predicted molar refractivity (Wildman–Crippen MR) is 116 cm³/mol. The summed E-state index contributed by atoms with van der Waals surface area (Å²) in [5.74, 6) is 0. The molecule has 3 heteroatoms. The summed E-state index contributed by atoms with van der Waals surface area (Å²) in [5, 5.41) is 0. The van der Waals surface area contributed by atoms with Crippen LogP contribution in [0, 0.1) is 0 Å². The predicted octanol–water partition coefficient (Wildman–Crippen LogP) is 7.31. The molecule has 0 saturated heterocycles. The molecule has 4 aliphatic rings. The van der Waals surface area contributed by atoms with E-state index in [9.17, 15) is 0 Å². The summed E-state index contributed by atoms with van der Waals surface area (Å²) >= 11 is -2.24. The Bertz CT molecular complexity index is 787. The van der Waals surface area contributed by atoms with E-state index >= 15 is 0 Å². The van der Waals surface area contributed by atoms with Crippen LogP contribution in [0.3, 0.4) is 0 Å². The van der Waals surface area contributed by atoms with Crippen LogP contribution in [0.4, 0.5) is 0 Å². The van der Waals surface area contributed by atoms with Crippen molar-refractivity contribution < 1.29 is 21.0 Å². The molecular formula is C23H30Cl2Hf. The van der Waals surface area contributed by atoms with Gasteiger partial charge >= 0.3 is 155 Å². The molecule has 0 aromatic carbocycles. The first-order valence-corrected chi connectivity index (χ1v) is 15.6. The number of rotatable bonds is 2. The van der Waals surface area contributed by atoms with Gasteiger partial charge in [0.15, 0.2) is 0 Å². The monoisotopic (exact) mass is 556 g/mol. The second-order valence-electron chi connectivity index (χ2n) is 7.94. The van der Waals surface area contributed by atoms with Crippen molar-refractivity contribution in [3.8, 4) is 0 Å². The summed E-state index contributed by atoms with van der Waals surface area (Å²) in [6, 6.07) is 0. The molecule has 0 aromatic heterocycles. The van der Waals surface area contributed by atoms with Gasteiger partial charge in [-0.1, -0.05) is 0 Å². The number of fused-ring (bicyclic) bond motifs is 2. The normalized spacial score (nSPS) is 21.8. The quantitative estimate of drug-likeness (QED) is 0.314. The van der Waals surface area contributed by atoms with Crippen molar-refractivity contribution in [2.24, 2.45) is 0 Å². The zero-order valence-corrected chi connectivity index (χ0v) is 21.6. The van der Waals surface area contributed by atoms with Gasteiger partial charge in [-0.05, 0) is 0 Å². The molecule has 0 aliphatic heterocycles. The van der Waals surface area contributed by atoms with E-state index in [1.807, 2.05) is 0 Å². The fourth-order valence-electron chi connectivity index (χ4n) is 5.07. The van der Waals surface area contributed by atoms with Gasteiger partial charge in [0, 0.05) is 0 Å². The number of hydrogen-bond donors (Lipinski definition) is 0. The van der Waals surface area contributed by atoms with Gasteiger partial charge < -0.3 is 0 Å². The molecule has 0 radical (unpaired) electrons. The summed E-state index contributed by atoms with van der Waals surface area (Å²) in [5.41, 5.74) is 12.9. The third-order valence-electron chi connectivity index (χ3n) is 6.24. The van der Waals surface area contributed by atoms with Crippen molar-refractivity contribution in [2.75, 3.05) is 0 Å². The Kier molecular flexibility index (Phi) is 7.14. The molecule has 0 bridgehead atoms. The molecular weight excluding hydrogens is 526 g/mol. The van der Waals surface area contributed by atoms with E-state index in [1.54, 1.807) is 51.2 Å². The molecule has 140 valence electrons. The van der Waals surface area contributed by atoms with Crippen molar-refractivity contribution in [3.05, 3.63) is 63.4 Å². The molecule has 0 nitrogen and oxygen atoms in total. The summed E-state index contributed by atoms with van der Waals surface area (Å²) < 4.78 is 8.39. The molecule has 0 fully saturated rings. The van der Waals surface area contributed by atoms with E-state index in [2.05, 4.69) is 39.8 Å². The Hall–Kier alpha value is -0.240. The van der Waals surface area contributed by atoms with Crippen LogP contribution in [0.15, 0.2) is 63.4 Å². The fraction of sp³-hybridized carbons (Fsp3) is 0.435. The van der Waals surface area contributed by atoms with Crippen molar-refractivity contribution in [2.45, 2.75) is 66.2 Å². The summed E-state index contributed by atoms with van der Waals surface area (Å²) in [6.07, 6.45) is 12.8. The molecule has 0 spiro atoms. The van der Waals surface area contributed by atoms with Crippen molar-refractivity contribution in [1.29, 1.82) is 0 Å². The average Bonchev–Trinajstić information content (AvgIpc) is 3.05. The van der Waals surface area contributed by atoms with E-state index in [-0.39, 0.29) is 24.8 Å². The summed E-state index contributed by atoms with van der Waals surface area (Å²) in [6.45, 7) is 9.37. The Morgan fingerprint density at radius 2 is 1.08 bits per heavy atom. The van der Waals surface area contributed by atoms with Crippen molar-refractivity contribution >= 4 is 29.1 Å². The fourth-order valence-corrected chi connectivity index (χ4v) is 14.4. The molecule has 0 atom stereocenters. The Morgan fingerprint density at radius 1 is 0.692 bits per heavy atom. The van der Waals surface area contributed by atoms with E-state index in [1.165, 1.54) is 38.5 Å². The van der Waals surface area contributed by atoms with Gasteiger partial charge in [-0.2, -0.15) is 0 Å². The first-order valence-electron chi connectivity index (χ1n) is 9.42. The maximum absolute atomic E-state index is 4.91. The SMILES string of the molecule is Cl.Cl.[CH2]=[Hf]([C]1=C2CCCC(C)=C2C=C1C)[C]1=C2CCCC(C)=C2C=C1C. The van der Waals surface area contributed by atoms with Gasteiger partial charge in [-0.25, -0.2) is 0 Å². The van der Waals surface area contributed by atoms with Crippen LogP contribution in [0.1, 0.15) is 66.2 Å². The van der Waals surface area contributed by atoms with Crippen LogP contribution in [0.5, 0.6) is 0 Å². The Labute approximate surface area is 178 Å². The third kappa shape index (κ3) is 3.45. The van der Waals surface area contributed by atoms with E-state index < -0.39 is 21.0 Å². The Balaban J connectivity index is 0.00000121. The van der Waals surface area contributed by atoms with Gasteiger partial charge in [0.2, 0.25) is 0 Å². The van der Waals surface area contributed by atoms with Crippen molar-refractivity contribution in [3.63, 3.8) is 0 Å². The standard InChI is InChI=1S/2C11H13.CH2.2ClH.Hf/c2*1-8-6-10-5-3-4-9(2)11(10)7-8;;;;/h2*7H,3-5H2,1-2H3;1H2;2*1H;. The van der Waals surface area contributed by atoms with E-state index in [4.69, 9.17) is 4.26 Å². The molecule has 0 saturated carbocycles.